The quantitative estimate of drug-likeness (QED) is 0.780. The molecule has 0 aromatic heterocycles. The largest absolute Gasteiger partial charge is 0.325 e. The third kappa shape index (κ3) is 5.93. The first kappa shape index (κ1) is 19.6. The van der Waals surface area contributed by atoms with Crippen LogP contribution in [0.1, 0.15) is 41.5 Å². The fraction of sp³-hybridized carbons (Fsp3) is 0.562. The van der Waals surface area contributed by atoms with E-state index in [1.165, 1.54) is 12.1 Å². The monoisotopic (exact) mass is 341 g/mol. The van der Waals surface area contributed by atoms with Gasteiger partial charge in [-0.05, 0) is 44.4 Å². The van der Waals surface area contributed by atoms with Crippen molar-refractivity contribution in [1.82, 2.24) is 4.72 Å². The van der Waals surface area contributed by atoms with E-state index >= 15 is 0 Å². The maximum Gasteiger partial charge on any atom is 0.241 e. The lowest BCUT2D eigenvalue weighted by Crippen LogP contribution is -2.45. The molecule has 4 N–H and O–H groups in total. The van der Waals surface area contributed by atoms with Crippen LogP contribution in [0, 0.1) is 5.41 Å². The van der Waals surface area contributed by atoms with Gasteiger partial charge in [-0.1, -0.05) is 26.8 Å². The summed E-state index contributed by atoms with van der Waals surface area (Å²) in [6.07, 6.45) is 0. The van der Waals surface area contributed by atoms with Gasteiger partial charge in [0.1, 0.15) is 0 Å². The first-order chi connectivity index (χ1) is 10.2. The summed E-state index contributed by atoms with van der Waals surface area (Å²) in [5, 5.41) is 2.67. The minimum Gasteiger partial charge on any atom is -0.325 e. The molecule has 7 heteroatoms. The molecule has 0 unspecified atom stereocenters. The Kier molecular flexibility index (Phi) is 5.61. The number of hydrogen-bond acceptors (Lipinski definition) is 4. The molecule has 0 fully saturated rings. The van der Waals surface area contributed by atoms with E-state index in [0.717, 1.165) is 0 Å². The summed E-state index contributed by atoms with van der Waals surface area (Å²) in [5.41, 5.74) is 5.32. The van der Waals surface area contributed by atoms with Crippen molar-refractivity contribution in [2.75, 3.05) is 5.32 Å². The summed E-state index contributed by atoms with van der Waals surface area (Å²) in [6, 6.07) is 5.41. The van der Waals surface area contributed by atoms with Gasteiger partial charge in [-0.25, -0.2) is 13.1 Å². The smallest absolute Gasteiger partial charge is 0.241 e. The number of benzene rings is 1. The second kappa shape index (κ2) is 6.59. The second-order valence-electron chi connectivity index (χ2n) is 7.72. The van der Waals surface area contributed by atoms with Crippen molar-refractivity contribution in [1.29, 1.82) is 0 Å². The van der Waals surface area contributed by atoms with E-state index in [-0.39, 0.29) is 16.2 Å². The first-order valence-corrected chi connectivity index (χ1v) is 8.91. The van der Waals surface area contributed by atoms with Crippen LogP contribution in [-0.4, -0.2) is 25.9 Å². The third-order valence-electron chi connectivity index (χ3n) is 3.07. The van der Waals surface area contributed by atoms with Crippen LogP contribution in [0.4, 0.5) is 5.69 Å². The minimum absolute atomic E-state index is 0.0922. The van der Waals surface area contributed by atoms with Gasteiger partial charge in [-0.2, -0.15) is 0 Å². The van der Waals surface area contributed by atoms with Crippen LogP contribution in [0.2, 0.25) is 0 Å². The predicted molar refractivity (Wildman–Crippen MR) is 92.6 cm³/mol. The van der Waals surface area contributed by atoms with Crippen LogP contribution in [0.3, 0.4) is 0 Å². The lowest BCUT2D eigenvalue weighted by atomic mass is 9.87. The van der Waals surface area contributed by atoms with Gasteiger partial charge in [0.05, 0.1) is 10.9 Å². The topological polar surface area (TPSA) is 101 Å². The summed E-state index contributed by atoms with van der Waals surface area (Å²) in [5.74, 6) is -0.351. The van der Waals surface area contributed by atoms with Gasteiger partial charge >= 0.3 is 0 Å². The molecule has 1 amide bonds. The van der Waals surface area contributed by atoms with Gasteiger partial charge in [0.25, 0.3) is 0 Å². The van der Waals surface area contributed by atoms with E-state index < -0.39 is 21.6 Å². The van der Waals surface area contributed by atoms with Gasteiger partial charge in [0, 0.05) is 11.2 Å². The number of nitrogens with one attached hydrogen (secondary N) is 2. The van der Waals surface area contributed by atoms with Crippen LogP contribution in [0.25, 0.3) is 0 Å². The number of anilines is 1. The molecule has 1 rings (SSSR count). The number of carbonyl (C=O) groups is 1. The molecule has 0 aliphatic carbocycles. The Labute approximate surface area is 138 Å². The molecule has 0 saturated carbocycles. The van der Waals surface area contributed by atoms with Gasteiger partial charge < -0.3 is 11.1 Å². The summed E-state index contributed by atoms with van der Waals surface area (Å²) < 4.78 is 27.2. The molecule has 0 aliphatic heterocycles. The fourth-order valence-electron chi connectivity index (χ4n) is 1.82. The Morgan fingerprint density at radius 2 is 1.70 bits per heavy atom. The zero-order valence-electron chi connectivity index (χ0n) is 14.6. The van der Waals surface area contributed by atoms with Crippen molar-refractivity contribution in [3.63, 3.8) is 0 Å². The highest BCUT2D eigenvalue weighted by atomic mass is 32.2. The second-order valence-corrected chi connectivity index (χ2v) is 9.40. The van der Waals surface area contributed by atoms with E-state index in [4.69, 9.17) is 5.73 Å². The van der Waals surface area contributed by atoms with Crippen LogP contribution in [0.5, 0.6) is 0 Å². The highest BCUT2D eigenvalue weighted by molar-refractivity contribution is 7.89. The average molecular weight is 341 g/mol. The molecular formula is C16H27N3O3S. The molecule has 1 aromatic rings. The van der Waals surface area contributed by atoms with Crippen LogP contribution in [-0.2, 0) is 14.8 Å². The lowest BCUT2D eigenvalue weighted by Gasteiger charge is -2.26. The Bertz CT molecular complexity index is 671. The predicted octanol–water partition coefficient (Wildman–Crippen LogP) is 2.08. The molecule has 0 aliphatic rings. The number of hydrogen-bond donors (Lipinski definition) is 3. The number of amides is 1. The number of sulfonamides is 1. The molecule has 0 spiro atoms. The normalized spacial score (nSPS) is 14.4. The van der Waals surface area contributed by atoms with Crippen molar-refractivity contribution in [2.45, 2.75) is 58.0 Å². The molecule has 130 valence electrons. The number of carbonyl (C=O) groups excluding carboxylic acids is 1. The van der Waals surface area contributed by atoms with Crippen molar-refractivity contribution in [3.05, 3.63) is 24.3 Å². The number of nitrogens with two attached hydrogens (primary N) is 1. The first-order valence-electron chi connectivity index (χ1n) is 7.43. The van der Waals surface area contributed by atoms with E-state index in [9.17, 15) is 13.2 Å². The molecular weight excluding hydrogens is 314 g/mol. The van der Waals surface area contributed by atoms with E-state index in [2.05, 4.69) is 10.0 Å². The minimum atomic E-state index is -3.66. The van der Waals surface area contributed by atoms with Crippen molar-refractivity contribution in [2.24, 2.45) is 11.1 Å². The Morgan fingerprint density at radius 1 is 1.13 bits per heavy atom. The standard InChI is InChI=1S/C16H27N3O3S/c1-15(2,3)13(17)14(20)18-11-8-7-9-12(10-11)23(21,22)19-16(4,5)6/h7-10,13,19H,17H2,1-6H3,(H,18,20)/t13-/m1/s1. The molecule has 0 radical (unpaired) electrons. The third-order valence-corrected chi connectivity index (χ3v) is 4.82. The van der Waals surface area contributed by atoms with Gasteiger partial charge in [0.2, 0.25) is 15.9 Å². The Balaban J connectivity index is 3.00. The van der Waals surface area contributed by atoms with Gasteiger partial charge in [-0.3, -0.25) is 4.79 Å². The van der Waals surface area contributed by atoms with E-state index in [0.29, 0.717) is 5.69 Å². The van der Waals surface area contributed by atoms with Crippen LogP contribution >= 0.6 is 0 Å². The summed E-state index contributed by atoms with van der Waals surface area (Å²) >= 11 is 0. The summed E-state index contributed by atoms with van der Waals surface area (Å²) in [4.78, 5) is 12.2. The summed E-state index contributed by atoms with van der Waals surface area (Å²) in [6.45, 7) is 10.9. The Morgan fingerprint density at radius 3 is 2.17 bits per heavy atom. The zero-order valence-corrected chi connectivity index (χ0v) is 15.4. The highest BCUT2D eigenvalue weighted by Crippen LogP contribution is 2.21. The maximum absolute atomic E-state index is 12.3. The number of rotatable bonds is 4. The molecule has 1 aromatic carbocycles. The molecule has 23 heavy (non-hydrogen) atoms. The molecule has 1 atom stereocenters. The van der Waals surface area contributed by atoms with Crippen molar-refractivity contribution >= 4 is 21.6 Å². The van der Waals surface area contributed by atoms with Crippen molar-refractivity contribution in [3.8, 4) is 0 Å². The van der Waals surface area contributed by atoms with E-state index in [1.54, 1.807) is 32.9 Å². The van der Waals surface area contributed by atoms with E-state index in [1.807, 2.05) is 20.8 Å². The van der Waals surface area contributed by atoms with Gasteiger partial charge in [0.15, 0.2) is 0 Å². The Hall–Kier alpha value is -1.44. The van der Waals surface area contributed by atoms with Crippen molar-refractivity contribution < 1.29 is 13.2 Å². The SMILES string of the molecule is CC(C)(C)NS(=O)(=O)c1cccc(NC(=O)[C@@H](N)C(C)(C)C)c1. The maximum atomic E-state index is 12.3. The highest BCUT2D eigenvalue weighted by Gasteiger charge is 2.28. The zero-order chi connectivity index (χ0) is 18.1. The molecule has 0 heterocycles. The fourth-order valence-corrected chi connectivity index (χ4v) is 3.28. The van der Waals surface area contributed by atoms with Crippen LogP contribution < -0.4 is 15.8 Å². The summed E-state index contributed by atoms with van der Waals surface area (Å²) in [7, 11) is -3.66. The average Bonchev–Trinajstić information content (AvgIpc) is 2.34. The van der Waals surface area contributed by atoms with Crippen LogP contribution in [0.15, 0.2) is 29.2 Å². The molecule has 6 nitrogen and oxygen atoms in total. The lowest BCUT2D eigenvalue weighted by molar-refractivity contribution is -0.119. The molecule has 0 saturated heterocycles. The van der Waals surface area contributed by atoms with Gasteiger partial charge in [-0.15, -0.1) is 0 Å². The molecule has 0 bridgehead atoms.